The monoisotopic (exact) mass is 448 g/mol. The van der Waals surface area contributed by atoms with Crippen molar-refractivity contribution in [2.45, 2.75) is 25.4 Å². The summed E-state index contributed by atoms with van der Waals surface area (Å²) < 4.78 is 7.80. The van der Waals surface area contributed by atoms with Gasteiger partial charge in [0.2, 0.25) is 11.8 Å². The minimum absolute atomic E-state index is 0.0558. The number of nitrogens with zero attached hydrogens (tertiary/aromatic N) is 3. The average molecular weight is 449 g/mol. The van der Waals surface area contributed by atoms with E-state index in [2.05, 4.69) is 32.1 Å². The Kier molecular flexibility index (Phi) is 7.92. The molecule has 0 spiro atoms. The molecule has 1 amide bonds. The Labute approximate surface area is 194 Å². The van der Waals surface area contributed by atoms with Crippen molar-refractivity contribution in [3.8, 4) is 17.0 Å². The summed E-state index contributed by atoms with van der Waals surface area (Å²) in [5, 5.41) is 14.0. The quantitative estimate of drug-likeness (QED) is 0.502. The number of benzene rings is 1. The van der Waals surface area contributed by atoms with Gasteiger partial charge in [-0.3, -0.25) is 9.48 Å². The molecule has 4 heterocycles. The molecule has 3 N–H and O–H groups in total. The van der Waals surface area contributed by atoms with Crippen LogP contribution in [0.1, 0.15) is 19.3 Å². The van der Waals surface area contributed by atoms with Crippen molar-refractivity contribution in [3.63, 3.8) is 0 Å². The van der Waals surface area contributed by atoms with Gasteiger partial charge in [-0.25, -0.2) is 4.98 Å². The third-order valence-electron chi connectivity index (χ3n) is 5.82. The molecule has 5 rings (SSSR count). The topological polar surface area (TPSA) is 93.1 Å². The maximum atomic E-state index is 11.2. The summed E-state index contributed by atoms with van der Waals surface area (Å²) >= 11 is 0. The molecule has 2 aliphatic heterocycles. The minimum Gasteiger partial charge on any atom is -0.470 e. The Morgan fingerprint density at radius 1 is 1.09 bits per heavy atom. The van der Waals surface area contributed by atoms with Crippen LogP contribution >= 0.6 is 0 Å². The van der Waals surface area contributed by atoms with Crippen LogP contribution in [0.4, 0.5) is 5.69 Å². The molecular formula is C25H32N6O2. The molecule has 0 saturated carbocycles. The number of amides is 1. The van der Waals surface area contributed by atoms with Crippen molar-refractivity contribution in [1.29, 1.82) is 0 Å². The first-order valence-corrected chi connectivity index (χ1v) is 11.5. The van der Waals surface area contributed by atoms with Gasteiger partial charge in [-0.15, -0.1) is 0 Å². The second-order valence-electron chi connectivity index (χ2n) is 8.46. The van der Waals surface area contributed by atoms with Crippen molar-refractivity contribution in [2.24, 2.45) is 13.0 Å². The van der Waals surface area contributed by atoms with Crippen LogP contribution in [0.2, 0.25) is 0 Å². The number of hydrogen-bond donors (Lipinski definition) is 3. The Morgan fingerprint density at radius 3 is 2.55 bits per heavy atom. The molecule has 2 atom stereocenters. The van der Waals surface area contributed by atoms with Crippen LogP contribution in [0.15, 0.2) is 61.1 Å². The van der Waals surface area contributed by atoms with Crippen molar-refractivity contribution in [1.82, 2.24) is 25.4 Å². The summed E-state index contributed by atoms with van der Waals surface area (Å²) in [6, 6.07) is 14.1. The van der Waals surface area contributed by atoms with Gasteiger partial charge in [0, 0.05) is 50.1 Å². The molecule has 2 aromatic heterocycles. The SMILES string of the molecule is Cn1cc(-c2cnc3c(c2)NCC(CNCCC2CCC(=O)NC2)O3)cn1.c1ccccc1. The minimum atomic E-state index is 0.0558. The van der Waals surface area contributed by atoms with Gasteiger partial charge in [0.25, 0.3) is 0 Å². The fourth-order valence-corrected chi connectivity index (χ4v) is 3.92. The smallest absolute Gasteiger partial charge is 0.237 e. The molecule has 1 saturated heterocycles. The Bertz CT molecular complexity index is 986. The van der Waals surface area contributed by atoms with Crippen molar-refractivity contribution in [3.05, 3.63) is 61.1 Å². The summed E-state index contributed by atoms with van der Waals surface area (Å²) in [7, 11) is 1.90. The predicted molar refractivity (Wildman–Crippen MR) is 129 cm³/mol. The third kappa shape index (κ3) is 6.79. The standard InChI is InChI=1S/C19H26N6O2.C6H6/c1-25-12-15(9-24-25)14-6-17-19(23-8-14)27-16(11-21-17)10-20-5-4-13-2-3-18(26)22-7-13;1-2-4-6-5-3-1/h6,8-9,12-13,16,20-21H,2-5,7,10-11H2,1H3,(H,22,26);1-6H. The Balaban J connectivity index is 0.000000376. The first-order valence-electron chi connectivity index (χ1n) is 11.5. The van der Waals surface area contributed by atoms with Gasteiger partial charge in [0.15, 0.2) is 0 Å². The maximum Gasteiger partial charge on any atom is 0.237 e. The van der Waals surface area contributed by atoms with Gasteiger partial charge in [-0.2, -0.15) is 5.10 Å². The van der Waals surface area contributed by atoms with E-state index in [0.29, 0.717) is 18.2 Å². The number of ether oxygens (including phenoxy) is 1. The Hall–Kier alpha value is -3.39. The lowest BCUT2D eigenvalue weighted by molar-refractivity contribution is -0.122. The van der Waals surface area contributed by atoms with Crippen LogP contribution in [0, 0.1) is 5.92 Å². The number of hydrogen-bond acceptors (Lipinski definition) is 6. The predicted octanol–water partition coefficient (Wildman–Crippen LogP) is 2.85. The number of carbonyl (C=O) groups is 1. The highest BCUT2D eigenvalue weighted by Gasteiger charge is 2.22. The van der Waals surface area contributed by atoms with Gasteiger partial charge in [0.1, 0.15) is 6.10 Å². The highest BCUT2D eigenvalue weighted by Crippen LogP contribution is 2.31. The number of aryl methyl sites for hydroxylation is 1. The highest BCUT2D eigenvalue weighted by atomic mass is 16.5. The van der Waals surface area contributed by atoms with E-state index in [4.69, 9.17) is 4.74 Å². The zero-order valence-electron chi connectivity index (χ0n) is 19.0. The van der Waals surface area contributed by atoms with Gasteiger partial charge < -0.3 is 20.7 Å². The van der Waals surface area contributed by atoms with E-state index in [1.807, 2.05) is 62.0 Å². The second-order valence-corrected chi connectivity index (χ2v) is 8.46. The van der Waals surface area contributed by atoms with Crippen LogP contribution in [0.5, 0.6) is 5.88 Å². The number of fused-ring (bicyclic) bond motifs is 1. The van der Waals surface area contributed by atoms with Crippen molar-refractivity contribution < 1.29 is 9.53 Å². The van der Waals surface area contributed by atoms with Crippen LogP contribution < -0.4 is 20.7 Å². The lowest BCUT2D eigenvalue weighted by Crippen LogP contribution is -2.41. The molecule has 0 aliphatic carbocycles. The van der Waals surface area contributed by atoms with E-state index in [1.54, 1.807) is 4.68 Å². The van der Waals surface area contributed by atoms with Crippen LogP contribution in [0.3, 0.4) is 0 Å². The van der Waals surface area contributed by atoms with E-state index in [0.717, 1.165) is 55.8 Å². The molecule has 33 heavy (non-hydrogen) atoms. The van der Waals surface area contributed by atoms with E-state index < -0.39 is 0 Å². The lowest BCUT2D eigenvalue weighted by atomic mass is 9.96. The summed E-state index contributed by atoms with van der Waals surface area (Å²) in [5.74, 6) is 1.41. The molecule has 3 aromatic rings. The number of aromatic nitrogens is 3. The van der Waals surface area contributed by atoms with Crippen molar-refractivity contribution in [2.75, 3.05) is 31.5 Å². The number of nitrogens with one attached hydrogen (secondary N) is 3. The molecule has 0 bridgehead atoms. The zero-order valence-corrected chi connectivity index (χ0v) is 19.0. The molecule has 174 valence electrons. The molecule has 2 aliphatic rings. The van der Waals surface area contributed by atoms with Gasteiger partial charge in [0.05, 0.1) is 18.4 Å². The fourth-order valence-electron chi connectivity index (χ4n) is 3.92. The summed E-state index contributed by atoms with van der Waals surface area (Å²) in [5.41, 5.74) is 2.98. The number of pyridine rings is 1. The summed E-state index contributed by atoms with van der Waals surface area (Å²) in [4.78, 5) is 15.7. The molecule has 1 aromatic carbocycles. The normalized spacial score (nSPS) is 19.2. The van der Waals surface area contributed by atoms with Gasteiger partial charge in [-0.1, -0.05) is 36.4 Å². The van der Waals surface area contributed by atoms with Crippen LogP contribution in [-0.4, -0.2) is 53.0 Å². The van der Waals surface area contributed by atoms with Crippen LogP contribution in [0.25, 0.3) is 11.1 Å². The molecular weight excluding hydrogens is 416 g/mol. The number of carbonyl (C=O) groups excluding carboxylic acids is 1. The first-order chi connectivity index (χ1) is 16.2. The van der Waals surface area contributed by atoms with E-state index in [1.165, 1.54) is 0 Å². The number of rotatable bonds is 6. The molecule has 8 heteroatoms. The first kappa shape index (κ1) is 22.8. The summed E-state index contributed by atoms with van der Waals surface area (Å²) in [6.45, 7) is 3.26. The fraction of sp³-hybridized carbons (Fsp3) is 0.400. The summed E-state index contributed by atoms with van der Waals surface area (Å²) in [6.07, 6.45) is 8.40. The van der Waals surface area contributed by atoms with E-state index in [-0.39, 0.29) is 12.0 Å². The maximum absolute atomic E-state index is 11.2. The Morgan fingerprint density at radius 2 is 1.88 bits per heavy atom. The number of anilines is 1. The van der Waals surface area contributed by atoms with E-state index in [9.17, 15) is 4.79 Å². The molecule has 0 radical (unpaired) electrons. The zero-order chi connectivity index (χ0) is 22.9. The largest absolute Gasteiger partial charge is 0.470 e. The molecule has 8 nitrogen and oxygen atoms in total. The second kappa shape index (κ2) is 11.5. The van der Waals surface area contributed by atoms with E-state index >= 15 is 0 Å². The van der Waals surface area contributed by atoms with Crippen LogP contribution in [-0.2, 0) is 11.8 Å². The molecule has 1 fully saturated rings. The lowest BCUT2D eigenvalue weighted by Gasteiger charge is -2.27. The average Bonchev–Trinajstić information content (AvgIpc) is 3.30. The third-order valence-corrected chi connectivity index (χ3v) is 5.82. The van der Waals surface area contributed by atoms with Gasteiger partial charge >= 0.3 is 0 Å². The number of piperidine rings is 1. The van der Waals surface area contributed by atoms with Crippen molar-refractivity contribution >= 4 is 11.6 Å². The van der Waals surface area contributed by atoms with Gasteiger partial charge in [-0.05, 0) is 31.4 Å². The molecule has 2 unspecified atom stereocenters. The highest BCUT2D eigenvalue weighted by molar-refractivity contribution is 5.76.